The van der Waals surface area contributed by atoms with Crippen LogP contribution in [0.4, 0.5) is 4.79 Å². The number of fused-ring (bicyclic) bond motifs is 1. The van der Waals surface area contributed by atoms with Crippen LogP contribution in [0, 0.1) is 12.3 Å². The number of carbonyl (C=O) groups is 1. The number of hydrogen-bond acceptors (Lipinski definition) is 5. The van der Waals surface area contributed by atoms with Crippen LogP contribution in [-0.4, -0.2) is 66.2 Å². The van der Waals surface area contributed by atoms with E-state index in [1.54, 1.807) is 4.90 Å². The molecule has 0 spiro atoms. The highest BCUT2D eigenvalue weighted by molar-refractivity contribution is 5.82. The summed E-state index contributed by atoms with van der Waals surface area (Å²) in [5, 5.41) is 3.39. The molecule has 2 rings (SSSR count). The fraction of sp³-hybridized carbons (Fsp3) is 0.765. The first-order valence-electron chi connectivity index (χ1n) is 8.37. The Bertz CT molecular complexity index is 490. The summed E-state index contributed by atoms with van der Waals surface area (Å²) >= 11 is 0. The number of rotatable bonds is 4. The molecular formula is C17H28N4O2. The number of guanidine groups is 1. The second-order valence-electron chi connectivity index (χ2n) is 7.03. The van der Waals surface area contributed by atoms with E-state index in [-0.39, 0.29) is 12.1 Å². The normalized spacial score (nSPS) is 20.6. The lowest BCUT2D eigenvalue weighted by Crippen LogP contribution is -2.57. The maximum atomic E-state index is 12.2. The molecule has 0 aliphatic carbocycles. The number of hydrogen-bond donors (Lipinski definition) is 1. The van der Waals surface area contributed by atoms with Crippen molar-refractivity contribution >= 4 is 12.1 Å². The molecular weight excluding hydrogens is 292 g/mol. The minimum absolute atomic E-state index is 0.229. The van der Waals surface area contributed by atoms with Crippen molar-refractivity contribution in [3.8, 4) is 12.3 Å². The smallest absolute Gasteiger partial charge is 0.410 e. The van der Waals surface area contributed by atoms with Crippen LogP contribution in [0.25, 0.3) is 0 Å². The molecule has 1 atom stereocenters. The molecule has 2 aliphatic heterocycles. The number of nitrogens with one attached hydrogen (secondary N) is 1. The summed E-state index contributed by atoms with van der Waals surface area (Å²) in [4.78, 5) is 20.8. The average molecular weight is 320 g/mol. The largest absolute Gasteiger partial charge is 0.444 e. The Balaban J connectivity index is 1.76. The summed E-state index contributed by atoms with van der Waals surface area (Å²) in [6.07, 6.45) is 7.93. The Morgan fingerprint density at radius 1 is 1.43 bits per heavy atom. The van der Waals surface area contributed by atoms with Crippen LogP contribution in [0.3, 0.4) is 0 Å². The third-order valence-corrected chi connectivity index (χ3v) is 3.89. The lowest BCUT2D eigenvalue weighted by molar-refractivity contribution is 0.0137. The van der Waals surface area contributed by atoms with Gasteiger partial charge in [0.2, 0.25) is 0 Å². The first-order chi connectivity index (χ1) is 10.9. The highest BCUT2D eigenvalue weighted by Crippen LogP contribution is 2.18. The van der Waals surface area contributed by atoms with Gasteiger partial charge in [0, 0.05) is 32.6 Å². The van der Waals surface area contributed by atoms with Crippen LogP contribution in [-0.2, 0) is 4.74 Å². The van der Waals surface area contributed by atoms with Gasteiger partial charge in [0.25, 0.3) is 0 Å². The second kappa shape index (κ2) is 7.58. The molecule has 0 aromatic carbocycles. The van der Waals surface area contributed by atoms with Gasteiger partial charge in [-0.25, -0.2) is 4.79 Å². The molecule has 1 unspecified atom stereocenters. The van der Waals surface area contributed by atoms with Gasteiger partial charge in [0.1, 0.15) is 5.60 Å². The number of amides is 1. The van der Waals surface area contributed by atoms with E-state index in [4.69, 9.17) is 11.2 Å². The molecule has 0 saturated carbocycles. The molecule has 0 radical (unpaired) electrons. The van der Waals surface area contributed by atoms with Gasteiger partial charge in [-0.3, -0.25) is 4.99 Å². The van der Waals surface area contributed by atoms with E-state index in [2.05, 4.69) is 21.1 Å². The van der Waals surface area contributed by atoms with Crippen LogP contribution in [0.5, 0.6) is 0 Å². The van der Waals surface area contributed by atoms with Gasteiger partial charge in [-0.1, -0.05) is 0 Å². The molecule has 0 aromatic heterocycles. The number of aliphatic imine (C=N–C) groups is 1. The summed E-state index contributed by atoms with van der Waals surface area (Å²) in [5.74, 6) is 3.61. The molecule has 2 aliphatic rings. The molecule has 6 nitrogen and oxygen atoms in total. The Hall–Kier alpha value is -1.90. The van der Waals surface area contributed by atoms with E-state index in [0.717, 1.165) is 44.9 Å². The highest BCUT2D eigenvalue weighted by atomic mass is 16.6. The lowest BCUT2D eigenvalue weighted by Gasteiger charge is -2.39. The summed E-state index contributed by atoms with van der Waals surface area (Å²) in [7, 11) is 0. The first kappa shape index (κ1) is 17.5. The molecule has 1 N–H and O–H groups in total. The summed E-state index contributed by atoms with van der Waals surface area (Å²) in [6.45, 7) is 9.42. The zero-order chi connectivity index (χ0) is 16.9. The van der Waals surface area contributed by atoms with Crippen molar-refractivity contribution in [2.24, 2.45) is 4.99 Å². The van der Waals surface area contributed by atoms with Gasteiger partial charge in [0.05, 0.1) is 12.6 Å². The maximum absolute atomic E-state index is 12.2. The Morgan fingerprint density at radius 2 is 2.22 bits per heavy atom. The van der Waals surface area contributed by atoms with Gasteiger partial charge < -0.3 is 19.9 Å². The molecule has 1 fully saturated rings. The fourth-order valence-corrected chi connectivity index (χ4v) is 2.78. The first-order valence-corrected chi connectivity index (χ1v) is 8.37. The summed E-state index contributed by atoms with van der Waals surface area (Å²) in [6, 6.07) is 0.254. The van der Waals surface area contributed by atoms with Crippen LogP contribution in [0.1, 0.15) is 40.0 Å². The van der Waals surface area contributed by atoms with E-state index in [0.29, 0.717) is 13.1 Å². The second-order valence-corrected chi connectivity index (χ2v) is 7.03. The van der Waals surface area contributed by atoms with Gasteiger partial charge in [-0.05, 0) is 33.6 Å². The van der Waals surface area contributed by atoms with Gasteiger partial charge >= 0.3 is 6.09 Å². The number of terminal acetylenes is 1. The molecule has 0 bridgehead atoms. The van der Waals surface area contributed by atoms with E-state index in [1.807, 2.05) is 20.8 Å². The van der Waals surface area contributed by atoms with Gasteiger partial charge in [-0.15, -0.1) is 12.3 Å². The van der Waals surface area contributed by atoms with E-state index >= 15 is 0 Å². The Kier molecular flexibility index (Phi) is 5.75. The molecule has 128 valence electrons. The van der Waals surface area contributed by atoms with E-state index in [1.165, 1.54) is 0 Å². The Labute approximate surface area is 139 Å². The molecule has 0 aromatic rings. The van der Waals surface area contributed by atoms with Crippen molar-refractivity contribution in [2.75, 3.05) is 32.7 Å². The van der Waals surface area contributed by atoms with E-state index < -0.39 is 5.60 Å². The SMILES string of the molecule is C#CCCCCNC1=NCC2CN(C(=O)OC(C)(C)C)CCN12. The van der Waals surface area contributed by atoms with Crippen LogP contribution < -0.4 is 5.32 Å². The van der Waals surface area contributed by atoms with Crippen molar-refractivity contribution in [1.29, 1.82) is 0 Å². The molecule has 1 saturated heterocycles. The minimum atomic E-state index is -0.453. The third kappa shape index (κ3) is 5.05. The molecule has 23 heavy (non-hydrogen) atoms. The van der Waals surface area contributed by atoms with Crippen molar-refractivity contribution in [3.05, 3.63) is 0 Å². The zero-order valence-corrected chi connectivity index (χ0v) is 14.5. The van der Waals surface area contributed by atoms with Crippen molar-refractivity contribution in [3.63, 3.8) is 0 Å². The minimum Gasteiger partial charge on any atom is -0.444 e. The quantitative estimate of drug-likeness (QED) is 0.632. The molecule has 1 amide bonds. The predicted molar refractivity (Wildman–Crippen MR) is 91.3 cm³/mol. The maximum Gasteiger partial charge on any atom is 0.410 e. The van der Waals surface area contributed by atoms with Crippen LogP contribution in [0.15, 0.2) is 4.99 Å². The summed E-state index contributed by atoms with van der Waals surface area (Å²) in [5.41, 5.74) is -0.453. The lowest BCUT2D eigenvalue weighted by atomic mass is 10.2. The topological polar surface area (TPSA) is 57.2 Å². The van der Waals surface area contributed by atoms with E-state index in [9.17, 15) is 4.79 Å². The fourth-order valence-electron chi connectivity index (χ4n) is 2.78. The summed E-state index contributed by atoms with van der Waals surface area (Å²) < 4.78 is 5.45. The number of carbonyl (C=O) groups excluding carboxylic acids is 1. The third-order valence-electron chi connectivity index (χ3n) is 3.89. The van der Waals surface area contributed by atoms with Crippen molar-refractivity contribution < 1.29 is 9.53 Å². The average Bonchev–Trinajstić information content (AvgIpc) is 2.88. The molecule has 6 heteroatoms. The standard InChI is InChI=1S/C17H28N4O2/c1-5-6-7-8-9-18-15-19-12-14-13-20(10-11-21(14)15)16(22)23-17(2,3)4/h1,14H,6-13H2,2-4H3,(H,18,19). The van der Waals surface area contributed by atoms with Crippen LogP contribution >= 0.6 is 0 Å². The number of ether oxygens (including phenoxy) is 1. The predicted octanol–water partition coefficient (Wildman–Crippen LogP) is 1.67. The van der Waals surface area contributed by atoms with Crippen molar-refractivity contribution in [1.82, 2.24) is 15.1 Å². The molecule has 2 heterocycles. The van der Waals surface area contributed by atoms with Crippen molar-refractivity contribution in [2.45, 2.75) is 51.7 Å². The van der Waals surface area contributed by atoms with Gasteiger partial charge in [-0.2, -0.15) is 0 Å². The number of unbranched alkanes of at least 4 members (excludes halogenated alkanes) is 2. The van der Waals surface area contributed by atoms with Crippen LogP contribution in [0.2, 0.25) is 0 Å². The van der Waals surface area contributed by atoms with Gasteiger partial charge in [0.15, 0.2) is 5.96 Å². The number of nitrogens with zero attached hydrogens (tertiary/aromatic N) is 3. The Morgan fingerprint density at radius 3 is 2.91 bits per heavy atom. The zero-order valence-electron chi connectivity index (χ0n) is 14.5. The number of piperazine rings is 1. The monoisotopic (exact) mass is 320 g/mol. The highest BCUT2D eigenvalue weighted by Gasteiger charge is 2.36.